The lowest BCUT2D eigenvalue weighted by molar-refractivity contribution is -0.168. The molecule has 2 bridgehead atoms. The van der Waals surface area contributed by atoms with E-state index in [4.69, 9.17) is 18.9 Å². The number of carboxylic acid groups (broad SMARTS) is 1. The molecule has 1 aromatic carbocycles. The zero-order valence-corrected chi connectivity index (χ0v) is 16.7. The highest BCUT2D eigenvalue weighted by Crippen LogP contribution is 2.61. The second-order valence-electron chi connectivity index (χ2n) is 7.35. The van der Waals surface area contributed by atoms with Crippen LogP contribution in [0.4, 0.5) is 0 Å². The summed E-state index contributed by atoms with van der Waals surface area (Å²) in [6.07, 6.45) is 1.19. The van der Waals surface area contributed by atoms with Gasteiger partial charge in [0.15, 0.2) is 0 Å². The Labute approximate surface area is 164 Å². The normalized spacial score (nSPS) is 31.1. The lowest BCUT2D eigenvalue weighted by Crippen LogP contribution is -2.51. The topological polar surface area (TPSA) is 91.3 Å². The second-order valence-corrected chi connectivity index (χ2v) is 7.35. The molecule has 5 atom stereocenters. The van der Waals surface area contributed by atoms with Crippen molar-refractivity contribution < 1.29 is 33.6 Å². The van der Waals surface area contributed by atoms with E-state index in [1.807, 2.05) is 18.2 Å². The molecule has 0 radical (unpaired) electrons. The maximum absolute atomic E-state index is 12.7. The molecule has 0 heterocycles. The van der Waals surface area contributed by atoms with Crippen LogP contribution in [0.15, 0.2) is 29.8 Å². The SMILES string of the molecule is COc1cc(OC)cc(C2CC3C(OC)C=C(C)C2(C(=O)O)C3OC(C)=O)c1. The van der Waals surface area contributed by atoms with Crippen LogP contribution in [0.2, 0.25) is 0 Å². The summed E-state index contributed by atoms with van der Waals surface area (Å²) in [7, 11) is 4.67. The Morgan fingerprint density at radius 1 is 1.11 bits per heavy atom. The number of esters is 1. The number of hydrogen-bond acceptors (Lipinski definition) is 6. The number of rotatable bonds is 6. The van der Waals surface area contributed by atoms with Crippen LogP contribution in [0.1, 0.15) is 31.7 Å². The molecule has 0 amide bonds. The van der Waals surface area contributed by atoms with Crippen LogP contribution in [-0.2, 0) is 19.1 Å². The van der Waals surface area contributed by atoms with Crippen molar-refractivity contribution in [2.75, 3.05) is 21.3 Å². The number of hydrogen-bond donors (Lipinski definition) is 1. The predicted molar refractivity (Wildman–Crippen MR) is 101 cm³/mol. The minimum absolute atomic E-state index is 0.268. The van der Waals surface area contributed by atoms with E-state index in [9.17, 15) is 14.7 Å². The van der Waals surface area contributed by atoms with Gasteiger partial charge in [-0.3, -0.25) is 9.59 Å². The fourth-order valence-electron chi connectivity index (χ4n) is 4.90. The first-order valence-electron chi connectivity index (χ1n) is 9.14. The predicted octanol–water partition coefficient (Wildman–Crippen LogP) is 2.78. The summed E-state index contributed by atoms with van der Waals surface area (Å²) in [4.78, 5) is 24.5. The van der Waals surface area contributed by atoms with Gasteiger partial charge in [-0.05, 0) is 31.0 Å². The quantitative estimate of drug-likeness (QED) is 0.590. The molecule has 2 aliphatic rings. The molecule has 0 aliphatic heterocycles. The number of methoxy groups -OCH3 is 3. The van der Waals surface area contributed by atoms with E-state index >= 15 is 0 Å². The van der Waals surface area contributed by atoms with Gasteiger partial charge in [0.25, 0.3) is 0 Å². The lowest BCUT2D eigenvalue weighted by Gasteiger charge is -2.41. The Balaban J connectivity index is 2.22. The third kappa shape index (κ3) is 2.94. The van der Waals surface area contributed by atoms with Gasteiger partial charge < -0.3 is 24.1 Å². The first-order chi connectivity index (χ1) is 13.3. The molecule has 1 aromatic rings. The number of carbonyl (C=O) groups excluding carboxylic acids is 1. The van der Waals surface area contributed by atoms with Crippen molar-refractivity contribution in [2.24, 2.45) is 11.3 Å². The second kappa shape index (κ2) is 7.47. The number of benzene rings is 1. The van der Waals surface area contributed by atoms with Crippen LogP contribution in [0.5, 0.6) is 11.5 Å². The molecule has 0 aromatic heterocycles. The number of ether oxygens (including phenoxy) is 4. The van der Waals surface area contributed by atoms with Crippen LogP contribution in [0, 0.1) is 11.3 Å². The van der Waals surface area contributed by atoms with E-state index in [1.54, 1.807) is 34.3 Å². The summed E-state index contributed by atoms with van der Waals surface area (Å²) in [5.41, 5.74) is 0.0179. The van der Waals surface area contributed by atoms with Crippen LogP contribution < -0.4 is 9.47 Å². The van der Waals surface area contributed by atoms with Crippen molar-refractivity contribution >= 4 is 11.9 Å². The van der Waals surface area contributed by atoms with Crippen molar-refractivity contribution in [1.82, 2.24) is 0 Å². The molecule has 0 saturated heterocycles. The minimum Gasteiger partial charge on any atom is -0.497 e. The van der Waals surface area contributed by atoms with Crippen molar-refractivity contribution in [3.05, 3.63) is 35.4 Å². The molecule has 7 nitrogen and oxygen atoms in total. The summed E-state index contributed by atoms with van der Waals surface area (Å²) < 4.78 is 21.9. The van der Waals surface area contributed by atoms with Crippen molar-refractivity contribution in [3.8, 4) is 11.5 Å². The molecule has 1 saturated carbocycles. The Hall–Kier alpha value is -2.54. The van der Waals surface area contributed by atoms with Gasteiger partial charge in [0.2, 0.25) is 0 Å². The molecule has 28 heavy (non-hydrogen) atoms. The zero-order valence-electron chi connectivity index (χ0n) is 16.7. The molecule has 3 rings (SSSR count). The summed E-state index contributed by atoms with van der Waals surface area (Å²) in [5.74, 6) is -1.07. The highest BCUT2D eigenvalue weighted by atomic mass is 16.6. The smallest absolute Gasteiger partial charge is 0.318 e. The van der Waals surface area contributed by atoms with E-state index in [-0.39, 0.29) is 12.0 Å². The third-order valence-electron chi connectivity index (χ3n) is 6.08. The Morgan fingerprint density at radius 3 is 2.18 bits per heavy atom. The van der Waals surface area contributed by atoms with Gasteiger partial charge in [-0.2, -0.15) is 0 Å². The largest absolute Gasteiger partial charge is 0.497 e. The fraction of sp³-hybridized carbons (Fsp3) is 0.524. The average molecular weight is 390 g/mol. The van der Waals surface area contributed by atoms with Crippen molar-refractivity contribution in [1.29, 1.82) is 0 Å². The van der Waals surface area contributed by atoms with Crippen molar-refractivity contribution in [3.63, 3.8) is 0 Å². The van der Waals surface area contributed by atoms with Gasteiger partial charge in [0, 0.05) is 31.9 Å². The summed E-state index contributed by atoms with van der Waals surface area (Å²) in [6, 6.07) is 5.37. The van der Waals surface area contributed by atoms with Crippen LogP contribution in [0.25, 0.3) is 0 Å². The molecule has 5 unspecified atom stereocenters. The number of carbonyl (C=O) groups is 2. The molecule has 152 valence electrons. The fourth-order valence-corrected chi connectivity index (χ4v) is 4.90. The molecule has 1 N–H and O–H groups in total. The van der Waals surface area contributed by atoms with E-state index in [0.717, 1.165) is 5.56 Å². The van der Waals surface area contributed by atoms with Crippen molar-refractivity contribution in [2.45, 2.75) is 38.4 Å². The maximum Gasteiger partial charge on any atom is 0.318 e. The summed E-state index contributed by atoms with van der Waals surface area (Å²) >= 11 is 0. The van der Waals surface area contributed by atoms with Gasteiger partial charge in [-0.25, -0.2) is 0 Å². The minimum atomic E-state index is -1.37. The lowest BCUT2D eigenvalue weighted by atomic mass is 9.66. The molecular formula is C21H26O7. The van der Waals surface area contributed by atoms with Gasteiger partial charge >= 0.3 is 11.9 Å². The number of aliphatic carboxylic acids is 1. The highest BCUT2D eigenvalue weighted by Gasteiger charge is 2.66. The summed E-state index contributed by atoms with van der Waals surface area (Å²) in [6.45, 7) is 3.07. The van der Waals surface area contributed by atoms with Crippen LogP contribution >= 0.6 is 0 Å². The van der Waals surface area contributed by atoms with E-state index in [2.05, 4.69) is 0 Å². The Bertz CT molecular complexity index is 793. The van der Waals surface area contributed by atoms with E-state index < -0.39 is 29.4 Å². The summed E-state index contributed by atoms with van der Waals surface area (Å²) in [5, 5.41) is 10.4. The van der Waals surface area contributed by atoms with E-state index in [1.165, 1.54) is 6.92 Å². The first kappa shape index (κ1) is 20.2. The Morgan fingerprint density at radius 2 is 1.71 bits per heavy atom. The highest BCUT2D eigenvalue weighted by molar-refractivity contribution is 5.83. The molecular weight excluding hydrogens is 364 g/mol. The first-order valence-corrected chi connectivity index (χ1v) is 9.14. The van der Waals surface area contributed by atoms with Crippen LogP contribution in [0.3, 0.4) is 0 Å². The van der Waals surface area contributed by atoms with Gasteiger partial charge in [0.1, 0.15) is 23.0 Å². The molecule has 2 aliphatic carbocycles. The monoisotopic (exact) mass is 390 g/mol. The van der Waals surface area contributed by atoms with Gasteiger partial charge in [-0.15, -0.1) is 0 Å². The average Bonchev–Trinajstić information content (AvgIpc) is 2.92. The Kier molecular flexibility index (Phi) is 5.39. The van der Waals surface area contributed by atoms with Crippen LogP contribution in [-0.4, -0.2) is 50.6 Å². The molecule has 1 fully saturated rings. The molecule has 7 heteroatoms. The number of carboxylic acids is 1. The third-order valence-corrected chi connectivity index (χ3v) is 6.08. The maximum atomic E-state index is 12.7. The zero-order chi connectivity index (χ0) is 20.6. The van der Waals surface area contributed by atoms with Gasteiger partial charge in [-0.1, -0.05) is 11.6 Å². The number of fused-ring (bicyclic) bond motifs is 2. The molecule has 0 spiro atoms. The van der Waals surface area contributed by atoms with Gasteiger partial charge in [0.05, 0.1) is 20.3 Å². The standard InChI is InChI=1S/C21H26O7/c1-11-6-18(27-5)16-10-17(13-7-14(25-3)9-15(8-13)26-4)21(11,20(23)24)19(16)28-12(2)22/h6-9,16-19H,10H2,1-5H3,(H,23,24). The van der Waals surface area contributed by atoms with E-state index in [0.29, 0.717) is 23.5 Å².